The second-order valence-electron chi connectivity index (χ2n) is 8.11. The molecule has 7 nitrogen and oxygen atoms in total. The first-order valence-electron chi connectivity index (χ1n) is 10.5. The molecule has 2 saturated heterocycles. The minimum atomic E-state index is -3.59. The maximum Gasteiger partial charge on any atom is 0.264 e. The minimum absolute atomic E-state index is 0.0781. The van der Waals surface area contributed by atoms with Crippen LogP contribution in [0.4, 0.5) is 0 Å². The molecule has 0 spiro atoms. The summed E-state index contributed by atoms with van der Waals surface area (Å²) in [4.78, 5) is 30.2. The lowest BCUT2D eigenvalue weighted by Crippen LogP contribution is -2.55. The van der Waals surface area contributed by atoms with Crippen molar-refractivity contribution in [2.75, 3.05) is 32.7 Å². The summed E-state index contributed by atoms with van der Waals surface area (Å²) in [5, 5.41) is 1.86. The number of benzene rings is 1. The smallest absolute Gasteiger partial charge is 0.264 e. The van der Waals surface area contributed by atoms with Crippen molar-refractivity contribution in [2.24, 2.45) is 0 Å². The molecule has 31 heavy (non-hydrogen) atoms. The van der Waals surface area contributed by atoms with Crippen LogP contribution in [0.5, 0.6) is 0 Å². The van der Waals surface area contributed by atoms with Crippen LogP contribution < -0.4 is 0 Å². The highest BCUT2D eigenvalue weighted by Gasteiger charge is 2.39. The van der Waals surface area contributed by atoms with Gasteiger partial charge >= 0.3 is 0 Å². The molecule has 2 aliphatic heterocycles. The van der Waals surface area contributed by atoms with Gasteiger partial charge < -0.3 is 9.80 Å². The fourth-order valence-corrected chi connectivity index (χ4v) is 6.38. The van der Waals surface area contributed by atoms with E-state index in [-0.39, 0.29) is 24.9 Å². The van der Waals surface area contributed by atoms with Gasteiger partial charge in [0.05, 0.1) is 9.77 Å². The van der Waals surface area contributed by atoms with Gasteiger partial charge in [0.1, 0.15) is 6.04 Å². The molecule has 0 N–H and O–H groups in total. The predicted molar refractivity (Wildman–Crippen MR) is 120 cm³/mol. The summed E-state index contributed by atoms with van der Waals surface area (Å²) in [6.07, 6.45) is 1.45. The summed E-state index contributed by atoms with van der Waals surface area (Å²) >= 11 is 1.38. The van der Waals surface area contributed by atoms with Gasteiger partial charge in [0.25, 0.3) is 5.91 Å². The predicted octanol–water partition coefficient (Wildman–Crippen LogP) is 2.50. The van der Waals surface area contributed by atoms with Gasteiger partial charge in [-0.3, -0.25) is 9.59 Å². The zero-order valence-corrected chi connectivity index (χ0v) is 19.4. The molecular formula is C22H27N3O4S2. The molecule has 4 rings (SSSR count). The third-order valence-corrected chi connectivity index (χ3v) is 8.95. The maximum absolute atomic E-state index is 13.2. The molecule has 0 aliphatic carbocycles. The summed E-state index contributed by atoms with van der Waals surface area (Å²) in [7, 11) is -3.59. The Balaban J connectivity index is 1.41. The molecule has 0 saturated carbocycles. The summed E-state index contributed by atoms with van der Waals surface area (Å²) < 4.78 is 27.5. The first-order chi connectivity index (χ1) is 14.8. The van der Waals surface area contributed by atoms with Gasteiger partial charge in [-0.2, -0.15) is 4.31 Å². The number of rotatable bonds is 4. The van der Waals surface area contributed by atoms with Gasteiger partial charge in [-0.15, -0.1) is 11.3 Å². The summed E-state index contributed by atoms with van der Waals surface area (Å²) in [5.41, 5.74) is 1.99. The van der Waals surface area contributed by atoms with Crippen LogP contribution in [0.2, 0.25) is 0 Å². The monoisotopic (exact) mass is 461 g/mol. The number of aryl methyl sites for hydroxylation is 2. The van der Waals surface area contributed by atoms with Gasteiger partial charge in [-0.05, 0) is 61.4 Å². The number of likely N-dealkylation sites (tertiary alicyclic amines) is 1. The molecular weight excluding hydrogens is 434 g/mol. The van der Waals surface area contributed by atoms with Crippen LogP contribution in [0.15, 0.2) is 40.6 Å². The second-order valence-corrected chi connectivity index (χ2v) is 11.0. The highest BCUT2D eigenvalue weighted by molar-refractivity contribution is 7.89. The lowest BCUT2D eigenvalue weighted by molar-refractivity contribution is -0.136. The topological polar surface area (TPSA) is 78.0 Å². The second kappa shape index (κ2) is 8.72. The van der Waals surface area contributed by atoms with E-state index in [0.29, 0.717) is 35.8 Å². The third kappa shape index (κ3) is 4.26. The van der Waals surface area contributed by atoms with Crippen molar-refractivity contribution < 1.29 is 18.0 Å². The molecule has 0 radical (unpaired) electrons. The molecule has 2 fully saturated rings. The highest BCUT2D eigenvalue weighted by atomic mass is 32.2. The van der Waals surface area contributed by atoms with Gasteiger partial charge in [0.15, 0.2) is 0 Å². The quantitative estimate of drug-likeness (QED) is 0.701. The van der Waals surface area contributed by atoms with E-state index >= 15 is 0 Å². The van der Waals surface area contributed by atoms with Crippen LogP contribution in [0.3, 0.4) is 0 Å². The van der Waals surface area contributed by atoms with Crippen LogP contribution in [0.1, 0.15) is 33.6 Å². The number of carbonyl (C=O) groups excluding carboxylic acids is 2. The van der Waals surface area contributed by atoms with Gasteiger partial charge in [0, 0.05) is 32.7 Å². The first kappa shape index (κ1) is 22.0. The Kier molecular flexibility index (Phi) is 6.18. The fraction of sp³-hybridized carbons (Fsp3) is 0.455. The van der Waals surface area contributed by atoms with Gasteiger partial charge in [-0.1, -0.05) is 12.1 Å². The number of nitrogens with zero attached hydrogens (tertiary/aromatic N) is 3. The van der Waals surface area contributed by atoms with Crippen molar-refractivity contribution in [1.29, 1.82) is 0 Å². The Labute approximate surface area is 187 Å². The summed E-state index contributed by atoms with van der Waals surface area (Å²) in [5.74, 6) is -0.174. The summed E-state index contributed by atoms with van der Waals surface area (Å²) in [6.45, 7) is 5.61. The Hall–Kier alpha value is -2.23. The highest BCUT2D eigenvalue weighted by Crippen LogP contribution is 2.25. The Morgan fingerprint density at radius 2 is 1.74 bits per heavy atom. The average Bonchev–Trinajstić information content (AvgIpc) is 3.47. The van der Waals surface area contributed by atoms with Crippen LogP contribution in [0, 0.1) is 13.8 Å². The van der Waals surface area contributed by atoms with E-state index in [0.717, 1.165) is 17.5 Å². The molecule has 166 valence electrons. The van der Waals surface area contributed by atoms with Crippen LogP contribution in [-0.2, 0) is 14.8 Å². The zero-order valence-electron chi connectivity index (χ0n) is 17.8. The number of carbonyl (C=O) groups is 2. The van der Waals surface area contributed by atoms with E-state index in [1.807, 2.05) is 31.4 Å². The SMILES string of the molecule is Cc1ccc(S(=O)(=O)N2CCN(C(=O)[C@@H]3CCCN3C(=O)c3cccs3)CC2)cc1C. The number of piperazine rings is 1. The number of hydrogen-bond donors (Lipinski definition) is 0. The van der Waals surface area contributed by atoms with E-state index in [1.54, 1.807) is 28.0 Å². The molecule has 3 heterocycles. The van der Waals surface area contributed by atoms with Crippen molar-refractivity contribution >= 4 is 33.2 Å². The average molecular weight is 462 g/mol. The van der Waals surface area contributed by atoms with E-state index in [1.165, 1.54) is 15.6 Å². The molecule has 2 aliphatic rings. The summed E-state index contributed by atoms with van der Waals surface area (Å²) in [6, 6.07) is 8.32. The number of thiophene rings is 1. The number of hydrogen-bond acceptors (Lipinski definition) is 5. The Morgan fingerprint density at radius 1 is 1.00 bits per heavy atom. The van der Waals surface area contributed by atoms with Crippen LogP contribution in [0.25, 0.3) is 0 Å². The largest absolute Gasteiger partial charge is 0.338 e. The van der Waals surface area contributed by atoms with Crippen molar-refractivity contribution in [2.45, 2.75) is 37.6 Å². The minimum Gasteiger partial charge on any atom is -0.338 e. The van der Waals surface area contributed by atoms with Crippen molar-refractivity contribution in [3.8, 4) is 0 Å². The van der Waals surface area contributed by atoms with Crippen molar-refractivity contribution in [3.63, 3.8) is 0 Å². The lowest BCUT2D eigenvalue weighted by atomic mass is 10.1. The lowest BCUT2D eigenvalue weighted by Gasteiger charge is -2.36. The standard InChI is InChI=1S/C22H27N3O4S2/c1-16-7-8-18(15-17(16)2)31(28,29)24-12-10-23(11-13-24)21(26)19-5-3-9-25(19)22(27)20-6-4-14-30-20/h4,6-8,14-15,19H,3,5,9-13H2,1-2H3/t19-/m0/s1. The van der Waals surface area contributed by atoms with E-state index in [4.69, 9.17) is 0 Å². The van der Waals surface area contributed by atoms with E-state index < -0.39 is 16.1 Å². The molecule has 9 heteroatoms. The normalized spacial score (nSPS) is 20.3. The van der Waals surface area contributed by atoms with E-state index in [2.05, 4.69) is 0 Å². The third-order valence-electron chi connectivity index (χ3n) is 6.20. The first-order valence-corrected chi connectivity index (χ1v) is 12.8. The van der Waals surface area contributed by atoms with Gasteiger partial charge in [-0.25, -0.2) is 8.42 Å². The van der Waals surface area contributed by atoms with Crippen molar-refractivity contribution in [1.82, 2.24) is 14.1 Å². The van der Waals surface area contributed by atoms with E-state index in [9.17, 15) is 18.0 Å². The molecule has 1 aromatic carbocycles. The number of amides is 2. The molecule has 2 aromatic rings. The molecule has 0 bridgehead atoms. The fourth-order valence-electron chi connectivity index (χ4n) is 4.19. The molecule has 2 amide bonds. The molecule has 1 atom stereocenters. The Morgan fingerprint density at radius 3 is 2.39 bits per heavy atom. The number of sulfonamides is 1. The molecule has 1 aromatic heterocycles. The van der Waals surface area contributed by atoms with Crippen LogP contribution in [-0.4, -0.2) is 73.1 Å². The molecule has 0 unspecified atom stereocenters. The van der Waals surface area contributed by atoms with Crippen LogP contribution >= 0.6 is 11.3 Å². The zero-order chi connectivity index (χ0) is 22.2. The van der Waals surface area contributed by atoms with Crippen molar-refractivity contribution in [3.05, 3.63) is 51.7 Å². The Bertz CT molecular complexity index is 1070. The van der Waals surface area contributed by atoms with Gasteiger partial charge in [0.2, 0.25) is 15.9 Å². The maximum atomic E-state index is 13.2.